The lowest BCUT2D eigenvalue weighted by Crippen LogP contribution is -2.31. The summed E-state index contributed by atoms with van der Waals surface area (Å²) in [6, 6.07) is 1.79. The highest BCUT2D eigenvalue weighted by Gasteiger charge is 2.06. The van der Waals surface area contributed by atoms with Gasteiger partial charge in [0.15, 0.2) is 5.84 Å². The topological polar surface area (TPSA) is 76.4 Å². The second-order valence-electron chi connectivity index (χ2n) is 2.70. The minimum Gasteiger partial charge on any atom is -0.361 e. The highest BCUT2D eigenvalue weighted by atomic mass is 16.5. The SMILES string of the molecule is CCCN=C(NN)c1cc(C)on1. The first kappa shape index (κ1) is 9.73. The first-order valence-corrected chi connectivity index (χ1v) is 4.22. The average Bonchev–Trinajstić information content (AvgIpc) is 2.54. The summed E-state index contributed by atoms with van der Waals surface area (Å²) in [5, 5.41) is 3.79. The van der Waals surface area contributed by atoms with Gasteiger partial charge in [-0.15, -0.1) is 0 Å². The van der Waals surface area contributed by atoms with Crippen LogP contribution in [0.25, 0.3) is 0 Å². The fraction of sp³-hybridized carbons (Fsp3) is 0.500. The molecule has 1 rings (SSSR count). The van der Waals surface area contributed by atoms with Crippen LogP contribution >= 0.6 is 0 Å². The molecule has 0 aromatic carbocycles. The van der Waals surface area contributed by atoms with Crippen molar-refractivity contribution < 1.29 is 4.52 Å². The fourth-order valence-electron chi connectivity index (χ4n) is 0.902. The van der Waals surface area contributed by atoms with Gasteiger partial charge in [-0.25, -0.2) is 5.84 Å². The summed E-state index contributed by atoms with van der Waals surface area (Å²) >= 11 is 0. The Morgan fingerprint density at radius 1 is 1.77 bits per heavy atom. The Morgan fingerprint density at radius 2 is 2.54 bits per heavy atom. The van der Waals surface area contributed by atoms with E-state index in [1.165, 1.54) is 0 Å². The molecule has 0 amide bonds. The first-order valence-electron chi connectivity index (χ1n) is 4.22. The lowest BCUT2D eigenvalue weighted by Gasteiger charge is -1.99. The maximum absolute atomic E-state index is 5.29. The number of aliphatic imine (C=N–C) groups is 1. The molecule has 1 aromatic rings. The molecular weight excluding hydrogens is 168 g/mol. The number of nitrogens with two attached hydrogens (primary N) is 1. The van der Waals surface area contributed by atoms with Crippen LogP contribution in [0.15, 0.2) is 15.6 Å². The molecule has 0 radical (unpaired) electrons. The van der Waals surface area contributed by atoms with Crippen molar-refractivity contribution in [2.24, 2.45) is 10.8 Å². The van der Waals surface area contributed by atoms with Gasteiger partial charge < -0.3 is 9.95 Å². The van der Waals surface area contributed by atoms with Crippen LogP contribution in [0, 0.1) is 6.92 Å². The van der Waals surface area contributed by atoms with Gasteiger partial charge in [0.05, 0.1) is 0 Å². The molecule has 0 atom stereocenters. The maximum atomic E-state index is 5.29. The molecule has 0 spiro atoms. The van der Waals surface area contributed by atoms with Crippen molar-refractivity contribution in [2.45, 2.75) is 20.3 Å². The number of aromatic nitrogens is 1. The molecular formula is C8H14N4O. The minimum atomic E-state index is 0.568. The Bertz CT molecular complexity index is 292. The van der Waals surface area contributed by atoms with E-state index in [0.29, 0.717) is 11.5 Å². The number of hydrogen-bond acceptors (Lipinski definition) is 4. The highest BCUT2D eigenvalue weighted by Crippen LogP contribution is 2.01. The third-order valence-corrected chi connectivity index (χ3v) is 1.50. The fourth-order valence-corrected chi connectivity index (χ4v) is 0.902. The monoisotopic (exact) mass is 182 g/mol. The van der Waals surface area contributed by atoms with Gasteiger partial charge in [0.2, 0.25) is 0 Å². The Labute approximate surface area is 77.0 Å². The molecule has 0 bridgehead atoms. The lowest BCUT2D eigenvalue weighted by atomic mass is 10.3. The standard InChI is InChI=1S/C8H14N4O/c1-3-4-10-8(11-9)7-5-6(2)13-12-7/h5H,3-4,9H2,1-2H3,(H,10,11). The predicted octanol–water partition coefficient (Wildman–Crippen LogP) is 0.603. The molecule has 72 valence electrons. The molecule has 0 unspecified atom stereocenters. The molecule has 13 heavy (non-hydrogen) atoms. The second kappa shape index (κ2) is 4.61. The lowest BCUT2D eigenvalue weighted by molar-refractivity contribution is 0.396. The van der Waals surface area contributed by atoms with Crippen LogP contribution in [0.5, 0.6) is 0 Å². The van der Waals surface area contributed by atoms with Gasteiger partial charge >= 0.3 is 0 Å². The average molecular weight is 182 g/mol. The van der Waals surface area contributed by atoms with Crippen molar-refractivity contribution in [3.05, 3.63) is 17.5 Å². The summed E-state index contributed by atoms with van der Waals surface area (Å²) in [4.78, 5) is 4.20. The molecule has 5 nitrogen and oxygen atoms in total. The van der Waals surface area contributed by atoms with Gasteiger partial charge in [-0.1, -0.05) is 12.1 Å². The van der Waals surface area contributed by atoms with E-state index in [2.05, 4.69) is 15.6 Å². The number of rotatable bonds is 3. The van der Waals surface area contributed by atoms with E-state index in [9.17, 15) is 0 Å². The summed E-state index contributed by atoms with van der Waals surface area (Å²) in [6.45, 7) is 4.60. The van der Waals surface area contributed by atoms with Crippen molar-refractivity contribution in [3.8, 4) is 0 Å². The van der Waals surface area contributed by atoms with Crippen LogP contribution in [0.2, 0.25) is 0 Å². The number of aryl methyl sites for hydroxylation is 1. The molecule has 0 aliphatic carbocycles. The molecule has 5 heteroatoms. The predicted molar refractivity (Wildman–Crippen MR) is 50.3 cm³/mol. The quantitative estimate of drug-likeness (QED) is 0.310. The van der Waals surface area contributed by atoms with Crippen molar-refractivity contribution in [1.29, 1.82) is 0 Å². The van der Waals surface area contributed by atoms with Crippen LogP contribution in [0.3, 0.4) is 0 Å². The van der Waals surface area contributed by atoms with Crippen LogP contribution in [-0.4, -0.2) is 17.5 Å². The zero-order chi connectivity index (χ0) is 9.68. The van der Waals surface area contributed by atoms with Gasteiger partial charge in [-0.2, -0.15) is 0 Å². The molecule has 0 aliphatic rings. The van der Waals surface area contributed by atoms with Crippen molar-refractivity contribution >= 4 is 5.84 Å². The summed E-state index contributed by atoms with van der Waals surface area (Å²) in [5.41, 5.74) is 3.14. The summed E-state index contributed by atoms with van der Waals surface area (Å²) in [6.07, 6.45) is 0.974. The van der Waals surface area contributed by atoms with E-state index in [1.54, 1.807) is 6.07 Å². The third kappa shape index (κ3) is 2.55. The van der Waals surface area contributed by atoms with Gasteiger partial charge in [0.25, 0.3) is 0 Å². The molecule has 0 saturated carbocycles. The summed E-state index contributed by atoms with van der Waals surface area (Å²) < 4.78 is 4.90. The Kier molecular flexibility index (Phi) is 3.45. The zero-order valence-electron chi connectivity index (χ0n) is 7.87. The number of hydrogen-bond donors (Lipinski definition) is 2. The largest absolute Gasteiger partial charge is 0.361 e. The Hall–Kier alpha value is -1.36. The summed E-state index contributed by atoms with van der Waals surface area (Å²) in [7, 11) is 0. The maximum Gasteiger partial charge on any atom is 0.165 e. The van der Waals surface area contributed by atoms with Crippen molar-refractivity contribution in [1.82, 2.24) is 10.6 Å². The van der Waals surface area contributed by atoms with Gasteiger partial charge in [0, 0.05) is 12.6 Å². The molecule has 1 heterocycles. The van der Waals surface area contributed by atoms with E-state index in [0.717, 1.165) is 18.7 Å². The first-order chi connectivity index (χ1) is 6.27. The highest BCUT2D eigenvalue weighted by molar-refractivity contribution is 5.96. The van der Waals surface area contributed by atoms with Crippen molar-refractivity contribution in [3.63, 3.8) is 0 Å². The zero-order valence-corrected chi connectivity index (χ0v) is 7.87. The third-order valence-electron chi connectivity index (χ3n) is 1.50. The number of amidine groups is 1. The van der Waals surface area contributed by atoms with Crippen LogP contribution in [-0.2, 0) is 0 Å². The molecule has 0 fully saturated rings. The van der Waals surface area contributed by atoms with Gasteiger partial charge in [0.1, 0.15) is 11.5 Å². The van der Waals surface area contributed by atoms with Gasteiger partial charge in [-0.05, 0) is 13.3 Å². The van der Waals surface area contributed by atoms with E-state index in [4.69, 9.17) is 10.4 Å². The number of nitrogens with zero attached hydrogens (tertiary/aromatic N) is 2. The molecule has 0 saturated heterocycles. The van der Waals surface area contributed by atoms with Crippen molar-refractivity contribution in [2.75, 3.05) is 6.54 Å². The molecule has 1 aromatic heterocycles. The molecule has 3 N–H and O–H groups in total. The van der Waals surface area contributed by atoms with E-state index >= 15 is 0 Å². The summed E-state index contributed by atoms with van der Waals surface area (Å²) in [5.74, 6) is 6.61. The second-order valence-corrected chi connectivity index (χ2v) is 2.70. The molecule has 0 aliphatic heterocycles. The van der Waals surface area contributed by atoms with E-state index < -0.39 is 0 Å². The van der Waals surface area contributed by atoms with Crippen LogP contribution in [0.1, 0.15) is 24.8 Å². The smallest absolute Gasteiger partial charge is 0.165 e. The number of nitrogens with one attached hydrogen (secondary N) is 1. The van der Waals surface area contributed by atoms with Gasteiger partial charge in [-0.3, -0.25) is 4.99 Å². The number of hydrazine groups is 1. The van der Waals surface area contributed by atoms with Crippen LogP contribution < -0.4 is 11.3 Å². The minimum absolute atomic E-state index is 0.568. The Morgan fingerprint density at radius 3 is 3.00 bits per heavy atom. The van der Waals surface area contributed by atoms with E-state index in [-0.39, 0.29) is 0 Å². The van der Waals surface area contributed by atoms with Crippen LogP contribution in [0.4, 0.5) is 0 Å². The Balaban J connectivity index is 2.77. The normalized spacial score (nSPS) is 11.8. The van der Waals surface area contributed by atoms with E-state index in [1.807, 2.05) is 13.8 Å².